The van der Waals surface area contributed by atoms with Crippen LogP contribution < -0.4 is 5.32 Å². The average Bonchev–Trinajstić information content (AvgIpc) is 3.21. The van der Waals surface area contributed by atoms with Crippen LogP contribution in [-0.4, -0.2) is 54.2 Å². The molecule has 8 nitrogen and oxygen atoms in total. The molecule has 0 radical (unpaired) electrons. The molecule has 0 atom stereocenters. The molecule has 1 aliphatic carbocycles. The van der Waals surface area contributed by atoms with E-state index in [1.807, 2.05) is 24.7 Å². The standard InChI is InChI=1S/C27H33N7O/c1-18-3-6-20(7-4-18)34-24-16-28-11-9-21(24)22-15-29-27(32-26(22)34)31-25-8-5-19-17-33(12-2-14-35)13-10-23(19)30-25/h5,8-9,11,15-16,18,20,35H,2-4,6-7,10,12-14,17H2,1H3,(H,29,30,31,32)/t18-,20-. The number of anilines is 2. The minimum atomic E-state index is 0.240. The number of nitrogens with one attached hydrogen (secondary N) is 1. The number of fused-ring (bicyclic) bond motifs is 4. The van der Waals surface area contributed by atoms with E-state index < -0.39 is 0 Å². The number of aromatic nitrogens is 5. The molecule has 2 aliphatic rings. The van der Waals surface area contributed by atoms with Gasteiger partial charge in [-0.2, -0.15) is 4.98 Å². The molecule has 35 heavy (non-hydrogen) atoms. The highest BCUT2D eigenvalue weighted by Gasteiger charge is 2.25. The molecule has 0 amide bonds. The second kappa shape index (κ2) is 9.51. The molecule has 5 heterocycles. The van der Waals surface area contributed by atoms with E-state index in [1.165, 1.54) is 31.2 Å². The van der Waals surface area contributed by atoms with E-state index in [2.05, 4.69) is 43.8 Å². The lowest BCUT2D eigenvalue weighted by atomic mass is 9.87. The Morgan fingerprint density at radius 2 is 1.94 bits per heavy atom. The molecule has 8 heteroatoms. The maximum absolute atomic E-state index is 9.11. The molecule has 2 N–H and O–H groups in total. The quantitative estimate of drug-likeness (QED) is 0.424. The van der Waals surface area contributed by atoms with E-state index in [1.54, 1.807) is 0 Å². The lowest BCUT2D eigenvalue weighted by Crippen LogP contribution is -2.32. The third-order valence-electron chi connectivity index (χ3n) is 7.70. The van der Waals surface area contributed by atoms with Crippen LogP contribution in [0.3, 0.4) is 0 Å². The van der Waals surface area contributed by atoms with Crippen molar-refractivity contribution in [3.63, 3.8) is 0 Å². The van der Waals surface area contributed by atoms with Crippen molar-refractivity contribution in [2.75, 3.05) is 25.0 Å². The fraction of sp³-hybridized carbons (Fsp3) is 0.481. The maximum atomic E-state index is 9.11. The molecule has 0 unspecified atom stereocenters. The Balaban J connectivity index is 1.30. The van der Waals surface area contributed by atoms with Crippen molar-refractivity contribution in [3.05, 3.63) is 48.0 Å². The first-order valence-electron chi connectivity index (χ1n) is 12.9. The van der Waals surface area contributed by atoms with Crippen LogP contribution in [-0.2, 0) is 13.0 Å². The molecular formula is C27H33N7O. The van der Waals surface area contributed by atoms with Gasteiger partial charge in [-0.1, -0.05) is 13.0 Å². The topological polar surface area (TPSA) is 92.0 Å². The van der Waals surface area contributed by atoms with E-state index in [4.69, 9.17) is 15.1 Å². The lowest BCUT2D eigenvalue weighted by Gasteiger charge is -2.28. The largest absolute Gasteiger partial charge is 0.396 e. The van der Waals surface area contributed by atoms with Crippen molar-refractivity contribution in [3.8, 4) is 0 Å². The summed E-state index contributed by atoms with van der Waals surface area (Å²) in [5, 5.41) is 14.7. The van der Waals surface area contributed by atoms with Crippen LogP contribution >= 0.6 is 0 Å². The van der Waals surface area contributed by atoms with E-state index in [9.17, 15) is 0 Å². The predicted octanol–water partition coefficient (Wildman–Crippen LogP) is 4.61. The van der Waals surface area contributed by atoms with Crippen LogP contribution in [0, 0.1) is 5.92 Å². The molecule has 0 bridgehead atoms. The summed E-state index contributed by atoms with van der Waals surface area (Å²) in [5.74, 6) is 2.15. The number of nitrogens with zero attached hydrogens (tertiary/aromatic N) is 6. The first-order chi connectivity index (χ1) is 17.2. The summed E-state index contributed by atoms with van der Waals surface area (Å²) in [6, 6.07) is 6.68. The second-order valence-corrected chi connectivity index (χ2v) is 10.1. The van der Waals surface area contributed by atoms with Crippen molar-refractivity contribution >= 4 is 33.7 Å². The van der Waals surface area contributed by atoms with Crippen LogP contribution in [0.4, 0.5) is 11.8 Å². The first-order valence-corrected chi connectivity index (χ1v) is 12.9. The van der Waals surface area contributed by atoms with Gasteiger partial charge in [-0.05, 0) is 55.7 Å². The zero-order chi connectivity index (χ0) is 23.8. The first kappa shape index (κ1) is 22.4. The minimum Gasteiger partial charge on any atom is -0.396 e. The SMILES string of the molecule is C[C@H]1CC[C@H](n2c3cnccc3c3cnc(Nc4ccc5c(n4)CCN(CCCO)C5)nc32)CC1. The molecule has 1 aliphatic heterocycles. The van der Waals surface area contributed by atoms with Gasteiger partial charge in [0.25, 0.3) is 0 Å². The Hall–Kier alpha value is -3.10. The predicted molar refractivity (Wildman–Crippen MR) is 138 cm³/mol. The molecule has 4 aromatic heterocycles. The van der Waals surface area contributed by atoms with E-state index in [0.29, 0.717) is 12.0 Å². The molecular weight excluding hydrogens is 438 g/mol. The highest BCUT2D eigenvalue weighted by Crippen LogP contribution is 2.38. The number of hydrogen-bond acceptors (Lipinski definition) is 7. The third-order valence-corrected chi connectivity index (χ3v) is 7.70. The summed E-state index contributed by atoms with van der Waals surface area (Å²) in [6.07, 6.45) is 12.3. The van der Waals surface area contributed by atoms with Crippen LogP contribution in [0.25, 0.3) is 21.9 Å². The highest BCUT2D eigenvalue weighted by molar-refractivity contribution is 6.06. The fourth-order valence-electron chi connectivity index (χ4n) is 5.74. The molecule has 0 aromatic carbocycles. The Labute approximate surface area is 205 Å². The average molecular weight is 472 g/mol. The zero-order valence-corrected chi connectivity index (χ0v) is 20.3. The van der Waals surface area contributed by atoms with E-state index >= 15 is 0 Å². The maximum Gasteiger partial charge on any atom is 0.230 e. The van der Waals surface area contributed by atoms with Crippen molar-refractivity contribution in [1.29, 1.82) is 0 Å². The fourth-order valence-corrected chi connectivity index (χ4v) is 5.74. The van der Waals surface area contributed by atoms with Crippen LogP contribution in [0.5, 0.6) is 0 Å². The third kappa shape index (κ3) is 4.36. The van der Waals surface area contributed by atoms with Gasteiger partial charge in [-0.3, -0.25) is 9.88 Å². The molecule has 1 saturated carbocycles. The van der Waals surface area contributed by atoms with Gasteiger partial charge in [-0.25, -0.2) is 9.97 Å². The number of hydrogen-bond donors (Lipinski definition) is 2. The number of aliphatic hydroxyl groups excluding tert-OH is 1. The van der Waals surface area contributed by atoms with Crippen LogP contribution in [0.2, 0.25) is 0 Å². The minimum absolute atomic E-state index is 0.240. The lowest BCUT2D eigenvalue weighted by molar-refractivity contribution is 0.211. The zero-order valence-electron chi connectivity index (χ0n) is 20.3. The summed E-state index contributed by atoms with van der Waals surface area (Å²) in [5.41, 5.74) is 4.51. The molecule has 0 saturated heterocycles. The second-order valence-electron chi connectivity index (χ2n) is 10.1. The van der Waals surface area contributed by atoms with Gasteiger partial charge in [0, 0.05) is 67.6 Å². The van der Waals surface area contributed by atoms with Gasteiger partial charge in [0.2, 0.25) is 5.95 Å². The number of pyridine rings is 2. The monoisotopic (exact) mass is 471 g/mol. The van der Waals surface area contributed by atoms with E-state index in [0.717, 1.165) is 71.8 Å². The molecule has 6 rings (SSSR count). The van der Waals surface area contributed by atoms with Crippen molar-refractivity contribution in [1.82, 2.24) is 29.4 Å². The highest BCUT2D eigenvalue weighted by atomic mass is 16.3. The van der Waals surface area contributed by atoms with E-state index in [-0.39, 0.29) is 6.61 Å². The molecule has 182 valence electrons. The van der Waals surface area contributed by atoms with Gasteiger partial charge >= 0.3 is 0 Å². The Kier molecular flexibility index (Phi) is 6.08. The van der Waals surface area contributed by atoms with Crippen molar-refractivity contribution in [2.45, 2.75) is 58.0 Å². The normalized spacial score (nSPS) is 20.9. The summed E-state index contributed by atoms with van der Waals surface area (Å²) in [7, 11) is 0. The van der Waals surface area contributed by atoms with Gasteiger partial charge in [0.05, 0.1) is 11.7 Å². The number of aliphatic hydroxyl groups is 1. The molecule has 0 spiro atoms. The summed E-state index contributed by atoms with van der Waals surface area (Å²) < 4.78 is 2.40. The Morgan fingerprint density at radius 3 is 2.80 bits per heavy atom. The smallest absolute Gasteiger partial charge is 0.230 e. The summed E-state index contributed by atoms with van der Waals surface area (Å²) in [4.78, 5) is 21.3. The molecule has 1 fully saturated rings. The summed E-state index contributed by atoms with van der Waals surface area (Å²) in [6.45, 7) is 5.38. The number of rotatable bonds is 6. The van der Waals surface area contributed by atoms with Crippen molar-refractivity contribution < 1.29 is 5.11 Å². The Morgan fingerprint density at radius 1 is 1.06 bits per heavy atom. The van der Waals surface area contributed by atoms with Gasteiger partial charge in [0.15, 0.2) is 0 Å². The van der Waals surface area contributed by atoms with Crippen LogP contribution in [0.15, 0.2) is 36.8 Å². The van der Waals surface area contributed by atoms with Crippen LogP contribution in [0.1, 0.15) is 56.3 Å². The van der Waals surface area contributed by atoms with Gasteiger partial charge < -0.3 is 15.0 Å². The van der Waals surface area contributed by atoms with Gasteiger partial charge in [-0.15, -0.1) is 0 Å². The summed E-state index contributed by atoms with van der Waals surface area (Å²) >= 11 is 0. The molecule has 4 aromatic rings. The van der Waals surface area contributed by atoms with Crippen molar-refractivity contribution in [2.24, 2.45) is 5.92 Å². The van der Waals surface area contributed by atoms with Gasteiger partial charge in [0.1, 0.15) is 11.5 Å². The Bertz CT molecular complexity index is 1340.